The van der Waals surface area contributed by atoms with E-state index in [0.29, 0.717) is 38.1 Å². The molecule has 1 amide bonds. The summed E-state index contributed by atoms with van der Waals surface area (Å²) in [7, 11) is 0. The minimum atomic E-state index is -0.938. The largest absolute Gasteiger partial charge is 0.491 e. The highest BCUT2D eigenvalue weighted by molar-refractivity contribution is 5.76. The first-order valence-electron chi connectivity index (χ1n) is 8.91. The number of amides is 1. The molecule has 5 heteroatoms. The molecule has 0 radical (unpaired) electrons. The maximum Gasteiger partial charge on any atom is 0.222 e. The number of aliphatic hydroxyl groups is 1. The quantitative estimate of drug-likeness (QED) is 0.775. The van der Waals surface area contributed by atoms with Gasteiger partial charge in [0.05, 0.1) is 0 Å². The average molecular weight is 337 g/mol. The van der Waals surface area contributed by atoms with E-state index in [1.807, 2.05) is 4.90 Å². The van der Waals surface area contributed by atoms with E-state index in [-0.39, 0.29) is 18.3 Å². The second-order valence-electron chi connectivity index (χ2n) is 6.66. The lowest BCUT2D eigenvalue weighted by Crippen LogP contribution is -2.38. The summed E-state index contributed by atoms with van der Waals surface area (Å²) in [6.07, 6.45) is 5.59. The van der Waals surface area contributed by atoms with Gasteiger partial charge < -0.3 is 14.7 Å². The van der Waals surface area contributed by atoms with Crippen molar-refractivity contribution in [3.05, 3.63) is 30.1 Å². The van der Waals surface area contributed by atoms with Gasteiger partial charge in [0, 0.05) is 19.5 Å². The van der Waals surface area contributed by atoms with Crippen molar-refractivity contribution in [3.8, 4) is 5.75 Å². The summed E-state index contributed by atoms with van der Waals surface area (Å²) >= 11 is 0. The summed E-state index contributed by atoms with van der Waals surface area (Å²) in [5.74, 6) is 0.418. The molecule has 24 heavy (non-hydrogen) atoms. The number of hydrogen-bond donors (Lipinski definition) is 1. The molecule has 1 atom stereocenters. The monoisotopic (exact) mass is 337 g/mol. The fourth-order valence-corrected chi connectivity index (χ4v) is 3.01. The Morgan fingerprint density at radius 3 is 2.71 bits per heavy atom. The third kappa shape index (κ3) is 5.78. The van der Waals surface area contributed by atoms with E-state index in [1.165, 1.54) is 12.1 Å². The Morgan fingerprint density at radius 2 is 2.00 bits per heavy atom. The molecule has 2 rings (SSSR count). The van der Waals surface area contributed by atoms with Gasteiger partial charge in [0.25, 0.3) is 0 Å². The van der Waals surface area contributed by atoms with E-state index in [0.717, 1.165) is 25.7 Å². The van der Waals surface area contributed by atoms with Gasteiger partial charge in [-0.25, -0.2) is 4.39 Å². The van der Waals surface area contributed by atoms with Crippen LogP contribution in [0.5, 0.6) is 5.75 Å². The molecule has 1 N–H and O–H groups in total. The summed E-state index contributed by atoms with van der Waals surface area (Å²) < 4.78 is 18.5. The second-order valence-corrected chi connectivity index (χ2v) is 6.66. The molecule has 0 saturated carbocycles. The van der Waals surface area contributed by atoms with Crippen molar-refractivity contribution in [1.29, 1.82) is 0 Å². The summed E-state index contributed by atoms with van der Waals surface area (Å²) in [6.45, 7) is 3.55. The van der Waals surface area contributed by atoms with E-state index in [9.17, 15) is 14.3 Å². The zero-order chi connectivity index (χ0) is 17.4. The minimum absolute atomic E-state index is 0.163. The Balaban J connectivity index is 1.82. The smallest absolute Gasteiger partial charge is 0.222 e. The molecular weight excluding hydrogens is 309 g/mol. The molecule has 1 aromatic carbocycles. The Hall–Kier alpha value is -1.62. The van der Waals surface area contributed by atoms with Crippen LogP contribution in [0.4, 0.5) is 4.39 Å². The Bertz CT molecular complexity index is 520. The first-order chi connectivity index (χ1) is 11.5. The van der Waals surface area contributed by atoms with Crippen molar-refractivity contribution in [2.24, 2.45) is 0 Å². The van der Waals surface area contributed by atoms with Gasteiger partial charge in [-0.15, -0.1) is 0 Å². The minimum Gasteiger partial charge on any atom is -0.491 e. The van der Waals surface area contributed by atoms with Crippen molar-refractivity contribution in [3.63, 3.8) is 0 Å². The number of likely N-dealkylation sites (tertiary alicyclic amines) is 1. The summed E-state index contributed by atoms with van der Waals surface area (Å²) in [5.41, 5.74) is -0.938. The predicted octanol–water partition coefficient (Wildman–Crippen LogP) is 3.53. The van der Waals surface area contributed by atoms with Crippen LogP contribution in [0.1, 0.15) is 51.9 Å². The number of carbonyl (C=O) groups is 1. The number of halogens is 1. The molecular formula is C19H28FNO3. The number of unbranched alkanes of at least 4 members (excludes halogenated alkanes) is 2. The molecule has 1 saturated heterocycles. The van der Waals surface area contributed by atoms with Crippen LogP contribution >= 0.6 is 0 Å². The van der Waals surface area contributed by atoms with Crippen LogP contribution in [0.3, 0.4) is 0 Å². The summed E-state index contributed by atoms with van der Waals surface area (Å²) in [4.78, 5) is 14.1. The lowest BCUT2D eigenvalue weighted by molar-refractivity contribution is -0.131. The molecule has 1 unspecified atom stereocenters. The molecule has 1 fully saturated rings. The van der Waals surface area contributed by atoms with Gasteiger partial charge in [-0.2, -0.15) is 0 Å². The Labute approximate surface area is 143 Å². The third-order valence-corrected chi connectivity index (χ3v) is 4.59. The van der Waals surface area contributed by atoms with Crippen molar-refractivity contribution in [2.75, 3.05) is 19.7 Å². The first kappa shape index (κ1) is 18.7. The van der Waals surface area contributed by atoms with E-state index in [2.05, 4.69) is 6.92 Å². The van der Waals surface area contributed by atoms with Gasteiger partial charge in [0.1, 0.15) is 23.8 Å². The van der Waals surface area contributed by atoms with E-state index in [1.54, 1.807) is 12.1 Å². The highest BCUT2D eigenvalue weighted by Crippen LogP contribution is 2.24. The molecule has 4 nitrogen and oxygen atoms in total. The van der Waals surface area contributed by atoms with Crippen molar-refractivity contribution >= 4 is 5.91 Å². The summed E-state index contributed by atoms with van der Waals surface area (Å²) in [6, 6.07) is 5.78. The molecule has 1 heterocycles. The number of carbonyl (C=O) groups excluding carboxylic acids is 1. The third-order valence-electron chi connectivity index (χ3n) is 4.59. The molecule has 0 aromatic heterocycles. The van der Waals surface area contributed by atoms with E-state index < -0.39 is 5.60 Å². The van der Waals surface area contributed by atoms with Crippen LogP contribution < -0.4 is 4.74 Å². The number of benzene rings is 1. The molecule has 134 valence electrons. The number of nitrogens with zero attached hydrogens (tertiary/aromatic N) is 1. The molecule has 1 aromatic rings. The van der Waals surface area contributed by atoms with Gasteiger partial charge >= 0.3 is 0 Å². The maximum absolute atomic E-state index is 12.9. The van der Waals surface area contributed by atoms with Crippen molar-refractivity contribution in [2.45, 2.75) is 57.5 Å². The SMILES string of the molecule is CCCCCC(=O)N1CCCC(O)(COc2ccc(F)cc2)CC1. The standard InChI is InChI=1S/C19H28FNO3/c1-2-3-4-6-18(22)21-13-5-11-19(23,12-14-21)15-24-17-9-7-16(20)8-10-17/h7-10,23H,2-6,11-15H2,1H3. The van der Waals surface area contributed by atoms with E-state index >= 15 is 0 Å². The molecule has 0 bridgehead atoms. The van der Waals surface area contributed by atoms with Gasteiger partial charge in [0.2, 0.25) is 5.91 Å². The topological polar surface area (TPSA) is 49.8 Å². The molecule has 0 aliphatic carbocycles. The number of hydrogen-bond acceptors (Lipinski definition) is 3. The van der Waals surface area contributed by atoms with Crippen molar-refractivity contribution < 1.29 is 19.0 Å². The predicted molar refractivity (Wildman–Crippen MR) is 91.4 cm³/mol. The van der Waals surface area contributed by atoms with Crippen LogP contribution in [-0.2, 0) is 4.79 Å². The highest BCUT2D eigenvalue weighted by Gasteiger charge is 2.32. The lowest BCUT2D eigenvalue weighted by Gasteiger charge is -2.27. The zero-order valence-electron chi connectivity index (χ0n) is 14.5. The lowest BCUT2D eigenvalue weighted by atomic mass is 9.96. The van der Waals surface area contributed by atoms with E-state index in [4.69, 9.17) is 4.74 Å². The zero-order valence-corrected chi connectivity index (χ0v) is 14.5. The Morgan fingerprint density at radius 1 is 1.25 bits per heavy atom. The average Bonchev–Trinajstić information content (AvgIpc) is 2.77. The fraction of sp³-hybridized carbons (Fsp3) is 0.632. The summed E-state index contributed by atoms with van der Waals surface area (Å²) in [5, 5.41) is 10.7. The number of rotatable bonds is 7. The second kappa shape index (κ2) is 9.02. The maximum atomic E-state index is 12.9. The number of ether oxygens (including phenoxy) is 1. The van der Waals surface area contributed by atoms with Crippen LogP contribution in [0.15, 0.2) is 24.3 Å². The van der Waals surface area contributed by atoms with Gasteiger partial charge in [-0.3, -0.25) is 4.79 Å². The van der Waals surface area contributed by atoms with Crippen LogP contribution in [0.25, 0.3) is 0 Å². The first-order valence-corrected chi connectivity index (χ1v) is 8.91. The highest BCUT2D eigenvalue weighted by atomic mass is 19.1. The molecule has 0 spiro atoms. The normalized spacial score (nSPS) is 21.4. The molecule has 1 aliphatic heterocycles. The van der Waals surface area contributed by atoms with Gasteiger partial charge in [-0.1, -0.05) is 19.8 Å². The van der Waals surface area contributed by atoms with Gasteiger partial charge in [0.15, 0.2) is 0 Å². The van der Waals surface area contributed by atoms with Crippen LogP contribution in [-0.4, -0.2) is 41.2 Å². The molecule has 1 aliphatic rings. The van der Waals surface area contributed by atoms with Gasteiger partial charge in [-0.05, 0) is 49.9 Å². The van der Waals surface area contributed by atoms with Crippen LogP contribution in [0, 0.1) is 5.82 Å². The Kier molecular flexibility index (Phi) is 7.03. The van der Waals surface area contributed by atoms with Crippen LogP contribution in [0.2, 0.25) is 0 Å². The van der Waals surface area contributed by atoms with Crippen molar-refractivity contribution in [1.82, 2.24) is 4.90 Å². The fourth-order valence-electron chi connectivity index (χ4n) is 3.01.